The summed E-state index contributed by atoms with van der Waals surface area (Å²) < 4.78 is 6.86. The van der Waals surface area contributed by atoms with E-state index >= 15 is 0 Å². The van der Waals surface area contributed by atoms with E-state index in [4.69, 9.17) is 14.8 Å². The molecule has 4 rings (SSSR count). The fourth-order valence-electron chi connectivity index (χ4n) is 3.66. The van der Waals surface area contributed by atoms with Gasteiger partial charge < -0.3 is 4.74 Å². The molecular weight excluding hydrogens is 384 g/mol. The van der Waals surface area contributed by atoms with E-state index in [9.17, 15) is 4.79 Å². The Labute approximate surface area is 174 Å². The van der Waals surface area contributed by atoms with E-state index < -0.39 is 0 Å². The molecule has 0 radical (unpaired) electrons. The molecule has 0 bridgehead atoms. The molecule has 3 aromatic heterocycles. The van der Waals surface area contributed by atoms with Gasteiger partial charge in [-0.15, -0.1) is 11.3 Å². The second-order valence-corrected chi connectivity index (χ2v) is 8.55. The van der Waals surface area contributed by atoms with E-state index in [1.54, 1.807) is 11.3 Å². The van der Waals surface area contributed by atoms with E-state index in [1.165, 1.54) is 12.7 Å². The quantitative estimate of drug-likeness (QED) is 0.468. The van der Waals surface area contributed by atoms with Crippen LogP contribution in [0, 0.1) is 6.92 Å². The minimum atomic E-state index is -0.268. The molecule has 1 aliphatic rings. The Morgan fingerprint density at radius 1 is 1.34 bits per heavy atom. The lowest BCUT2D eigenvalue weighted by Gasteiger charge is -2.07. The number of fused-ring (bicyclic) bond motifs is 3. The molecule has 0 saturated heterocycles. The summed E-state index contributed by atoms with van der Waals surface area (Å²) in [6.45, 7) is 8.72. The molecule has 0 N–H and O–H groups in total. The predicted octanol–water partition coefficient (Wildman–Crippen LogP) is 4.16. The van der Waals surface area contributed by atoms with Crippen LogP contribution in [0.15, 0.2) is 30.5 Å². The molecule has 0 unspecified atom stereocenters. The van der Waals surface area contributed by atoms with Crippen LogP contribution in [0.2, 0.25) is 0 Å². The molecule has 1 aliphatic carbocycles. The Morgan fingerprint density at radius 2 is 2.17 bits per heavy atom. The number of hydrogen-bond acceptors (Lipinski definition) is 6. The normalized spacial score (nSPS) is 12.8. The second-order valence-electron chi connectivity index (χ2n) is 7.47. The first-order chi connectivity index (χ1) is 14.0. The Balaban J connectivity index is 1.87. The maximum Gasteiger partial charge on any atom is 0.312 e. The number of hydrogen-bond donors (Lipinski definition) is 0. The first-order valence-electron chi connectivity index (χ1n) is 9.69. The summed E-state index contributed by atoms with van der Waals surface area (Å²) in [5.41, 5.74) is 7.39. The zero-order valence-corrected chi connectivity index (χ0v) is 17.8. The number of nitrogens with zero attached hydrogens (tertiary/aromatic N) is 4. The molecule has 29 heavy (non-hydrogen) atoms. The summed E-state index contributed by atoms with van der Waals surface area (Å²) in [4.78, 5) is 22.1. The number of pyridine rings is 1. The average molecular weight is 409 g/mol. The van der Waals surface area contributed by atoms with Crippen LogP contribution < -0.4 is 0 Å². The minimum Gasteiger partial charge on any atom is -0.469 e. The molecule has 7 heteroatoms. The number of rotatable bonds is 5. The molecule has 3 aromatic rings. The molecule has 0 amide bonds. The summed E-state index contributed by atoms with van der Waals surface area (Å²) in [6, 6.07) is 4.10. The summed E-state index contributed by atoms with van der Waals surface area (Å²) in [7, 11) is 1.41. The number of methoxy groups -OCH3 is 1. The maximum absolute atomic E-state index is 11.7. The van der Waals surface area contributed by atoms with Crippen LogP contribution in [0.25, 0.3) is 21.8 Å². The van der Waals surface area contributed by atoms with Crippen molar-refractivity contribution in [3.05, 3.63) is 52.4 Å². The highest BCUT2D eigenvalue weighted by molar-refractivity contribution is 7.15. The van der Waals surface area contributed by atoms with Crippen LogP contribution >= 0.6 is 11.3 Å². The van der Waals surface area contributed by atoms with Gasteiger partial charge >= 0.3 is 5.97 Å². The standard InChI is InChI=1S/C22H24N4O2S/c1-13(2)12-26-21-16(20(25-26)15-9-8-14(3)23-11-15)6-5-7-17-22(21)29-18(24-17)10-19(27)28-4/h8-9,11H,1,5-7,10,12H2,2-4H3. The first kappa shape index (κ1) is 19.5. The van der Waals surface area contributed by atoms with Gasteiger partial charge in [-0.25, -0.2) is 4.98 Å². The Bertz CT molecular complexity index is 1080. The topological polar surface area (TPSA) is 69.9 Å². The van der Waals surface area contributed by atoms with Crippen LogP contribution in [0.4, 0.5) is 0 Å². The van der Waals surface area contributed by atoms with Crippen molar-refractivity contribution in [3.8, 4) is 21.8 Å². The fraction of sp³-hybridized carbons (Fsp3) is 0.364. The summed E-state index contributed by atoms with van der Waals surface area (Å²) in [6.07, 6.45) is 4.91. The Kier molecular flexibility index (Phi) is 5.32. The van der Waals surface area contributed by atoms with E-state index in [2.05, 4.69) is 17.6 Å². The first-order valence-corrected chi connectivity index (χ1v) is 10.5. The largest absolute Gasteiger partial charge is 0.469 e. The summed E-state index contributed by atoms with van der Waals surface area (Å²) in [5, 5.41) is 5.75. The van der Waals surface area contributed by atoms with Crippen molar-refractivity contribution in [2.75, 3.05) is 7.11 Å². The van der Waals surface area contributed by atoms with Crippen molar-refractivity contribution in [1.29, 1.82) is 0 Å². The monoisotopic (exact) mass is 408 g/mol. The van der Waals surface area contributed by atoms with Crippen LogP contribution in [0.3, 0.4) is 0 Å². The highest BCUT2D eigenvalue weighted by atomic mass is 32.1. The van der Waals surface area contributed by atoms with Gasteiger partial charge in [-0.1, -0.05) is 12.2 Å². The lowest BCUT2D eigenvalue weighted by Crippen LogP contribution is -2.04. The number of carbonyl (C=O) groups is 1. The number of aryl methyl sites for hydroxylation is 2. The van der Waals surface area contributed by atoms with Crippen molar-refractivity contribution < 1.29 is 9.53 Å². The lowest BCUT2D eigenvalue weighted by molar-refractivity contribution is -0.139. The van der Waals surface area contributed by atoms with Crippen molar-refractivity contribution in [2.24, 2.45) is 0 Å². The van der Waals surface area contributed by atoms with Crippen LogP contribution in [-0.4, -0.2) is 32.8 Å². The molecule has 0 aliphatic heterocycles. The smallest absolute Gasteiger partial charge is 0.312 e. The third-order valence-corrected chi connectivity index (χ3v) is 6.08. The van der Waals surface area contributed by atoms with E-state index in [0.29, 0.717) is 6.54 Å². The molecule has 6 nitrogen and oxygen atoms in total. The lowest BCUT2D eigenvalue weighted by atomic mass is 10.0. The van der Waals surface area contributed by atoms with E-state index in [-0.39, 0.29) is 12.4 Å². The average Bonchev–Trinajstić information content (AvgIpc) is 3.17. The Morgan fingerprint density at radius 3 is 2.86 bits per heavy atom. The molecule has 3 heterocycles. The van der Waals surface area contributed by atoms with E-state index in [0.717, 1.165) is 63.1 Å². The van der Waals surface area contributed by atoms with Crippen LogP contribution in [-0.2, 0) is 35.3 Å². The highest BCUT2D eigenvalue weighted by Gasteiger charge is 2.28. The molecule has 150 valence electrons. The number of esters is 1. The maximum atomic E-state index is 11.7. The molecule has 0 spiro atoms. The second kappa shape index (κ2) is 7.91. The number of carbonyl (C=O) groups excluding carboxylic acids is 1. The summed E-state index contributed by atoms with van der Waals surface area (Å²) in [5.74, 6) is -0.268. The predicted molar refractivity (Wildman–Crippen MR) is 114 cm³/mol. The molecule has 0 fully saturated rings. The molecule has 0 aromatic carbocycles. The zero-order chi connectivity index (χ0) is 20.5. The van der Waals surface area contributed by atoms with Gasteiger partial charge in [0.05, 0.1) is 42.0 Å². The van der Waals surface area contributed by atoms with E-state index in [1.807, 2.05) is 30.8 Å². The van der Waals surface area contributed by atoms with Gasteiger partial charge in [-0.3, -0.25) is 14.5 Å². The van der Waals surface area contributed by atoms with Gasteiger partial charge in [0.15, 0.2) is 0 Å². The van der Waals surface area contributed by atoms with Crippen molar-refractivity contribution in [2.45, 2.75) is 46.1 Å². The third-order valence-electron chi connectivity index (χ3n) is 4.98. The van der Waals surface area contributed by atoms with Gasteiger partial charge in [0.25, 0.3) is 0 Å². The highest BCUT2D eigenvalue weighted by Crippen LogP contribution is 2.41. The fourth-order valence-corrected chi connectivity index (χ4v) is 4.83. The summed E-state index contributed by atoms with van der Waals surface area (Å²) >= 11 is 1.57. The minimum absolute atomic E-state index is 0.201. The molecular formula is C22H24N4O2S. The SMILES string of the molecule is C=C(C)Cn1nc(-c2ccc(C)nc2)c2c1-c1sc(CC(=O)OC)nc1CCC2. The van der Waals surface area contributed by atoms with Gasteiger partial charge in [0, 0.05) is 23.0 Å². The third kappa shape index (κ3) is 3.87. The number of aromatic nitrogens is 4. The van der Waals surface area contributed by atoms with Gasteiger partial charge in [-0.05, 0) is 45.2 Å². The molecule has 0 atom stereocenters. The van der Waals surface area contributed by atoms with Gasteiger partial charge in [0.1, 0.15) is 5.01 Å². The number of ether oxygens (including phenoxy) is 1. The van der Waals surface area contributed by atoms with Crippen LogP contribution in [0.5, 0.6) is 0 Å². The van der Waals surface area contributed by atoms with Crippen molar-refractivity contribution in [1.82, 2.24) is 19.7 Å². The van der Waals surface area contributed by atoms with Crippen LogP contribution in [0.1, 0.15) is 35.3 Å². The Hall–Kier alpha value is -2.80. The van der Waals surface area contributed by atoms with Crippen molar-refractivity contribution >= 4 is 17.3 Å². The number of allylic oxidation sites excluding steroid dienone is 1. The number of thiazole rings is 1. The zero-order valence-electron chi connectivity index (χ0n) is 17.0. The molecule has 0 saturated carbocycles. The van der Waals surface area contributed by atoms with Gasteiger partial charge in [0.2, 0.25) is 0 Å². The van der Waals surface area contributed by atoms with Crippen molar-refractivity contribution in [3.63, 3.8) is 0 Å². The van der Waals surface area contributed by atoms with Gasteiger partial charge in [-0.2, -0.15) is 5.10 Å².